The summed E-state index contributed by atoms with van der Waals surface area (Å²) in [6.07, 6.45) is 0. The summed E-state index contributed by atoms with van der Waals surface area (Å²) in [5.74, 6) is -3.97. The molecule has 0 aliphatic carbocycles. The van der Waals surface area contributed by atoms with Crippen LogP contribution in [-0.4, -0.2) is 76.5 Å². The van der Waals surface area contributed by atoms with Crippen molar-refractivity contribution in [2.75, 3.05) is 18.3 Å². The number of nitrogens with zero attached hydrogens (tertiary/aromatic N) is 3. The molecule has 2 atom stereocenters. The normalized spacial score (nSPS) is 18.7. The molecular formula is C13H13ClN5NaO8S2. The number of nitrogens with one attached hydrogen (secondary N) is 2. The number of oxime groups is 1. The first-order valence-electron chi connectivity index (χ1n) is 7.54. The van der Waals surface area contributed by atoms with Gasteiger partial charge in [0.2, 0.25) is 5.91 Å². The van der Waals surface area contributed by atoms with E-state index >= 15 is 0 Å². The standard InChI is InChI=1S/C13H14ClN5O8S2.Na/c1-5(20)10-9(12(23)19(10)29(24,25)26)17-11(22)8(18-27-2)6-4-28-13(15-6)16-7(21)3-14;/h4,9-10H,3H2,1-2H3,(H,17,22)(H,15,16,21)(H,24,25,26);/q;+1/p-1/t9-,10+;/m0./s1. The van der Waals surface area contributed by atoms with Crippen LogP contribution >= 0.6 is 22.9 Å². The van der Waals surface area contributed by atoms with Gasteiger partial charge in [0.05, 0.1) is 0 Å². The first-order chi connectivity index (χ1) is 13.5. The molecule has 0 spiro atoms. The van der Waals surface area contributed by atoms with Gasteiger partial charge >= 0.3 is 29.6 Å². The molecule has 3 amide bonds. The Bertz CT molecular complexity index is 997. The van der Waals surface area contributed by atoms with Gasteiger partial charge in [-0.1, -0.05) is 5.16 Å². The number of amides is 3. The van der Waals surface area contributed by atoms with Gasteiger partial charge in [-0.2, -0.15) is 0 Å². The van der Waals surface area contributed by atoms with Gasteiger partial charge in [0.25, 0.3) is 11.8 Å². The number of carbonyl (C=O) groups excluding carboxylic acids is 4. The van der Waals surface area contributed by atoms with Crippen molar-refractivity contribution < 1.29 is 66.5 Å². The minimum Gasteiger partial charge on any atom is -0.731 e. The fraction of sp³-hybridized carbons (Fsp3) is 0.385. The molecule has 0 saturated carbocycles. The van der Waals surface area contributed by atoms with Gasteiger partial charge < -0.3 is 20.0 Å². The number of Topliss-reactive ketones (excluding diaryl/α,β-unsaturated/α-hetero) is 1. The zero-order valence-corrected chi connectivity index (χ0v) is 20.1. The van der Waals surface area contributed by atoms with Crippen LogP contribution in [0.1, 0.15) is 12.6 Å². The van der Waals surface area contributed by atoms with Crippen molar-refractivity contribution in [1.29, 1.82) is 0 Å². The second-order valence-corrected chi connectivity index (χ2v) is 7.81. The Balaban J connectivity index is 0.00000450. The van der Waals surface area contributed by atoms with E-state index in [2.05, 4.69) is 25.6 Å². The second kappa shape index (κ2) is 10.6. The average Bonchev–Trinajstić information content (AvgIpc) is 3.07. The minimum absolute atomic E-state index is 0. The molecule has 2 rings (SSSR count). The van der Waals surface area contributed by atoms with Gasteiger partial charge in [-0.25, -0.2) is 17.7 Å². The van der Waals surface area contributed by atoms with Crippen LogP contribution in [-0.2, 0) is 34.3 Å². The van der Waals surface area contributed by atoms with Crippen molar-refractivity contribution in [3.63, 3.8) is 0 Å². The van der Waals surface area contributed by atoms with Gasteiger partial charge in [0.1, 0.15) is 30.8 Å². The van der Waals surface area contributed by atoms with Crippen LogP contribution in [0.2, 0.25) is 0 Å². The smallest absolute Gasteiger partial charge is 0.731 e. The van der Waals surface area contributed by atoms with Gasteiger partial charge in [-0.3, -0.25) is 19.2 Å². The molecule has 2 N–H and O–H groups in total. The summed E-state index contributed by atoms with van der Waals surface area (Å²) in [6, 6.07) is -3.26. The van der Waals surface area contributed by atoms with Crippen LogP contribution < -0.4 is 40.2 Å². The summed E-state index contributed by atoms with van der Waals surface area (Å²) >= 11 is 6.32. The van der Waals surface area contributed by atoms with E-state index in [0.29, 0.717) is 0 Å². The molecule has 0 unspecified atom stereocenters. The van der Waals surface area contributed by atoms with Crippen molar-refractivity contribution in [1.82, 2.24) is 14.6 Å². The average molecular weight is 490 g/mol. The number of β-lactam (4-membered cyclic amide) rings is 1. The van der Waals surface area contributed by atoms with Gasteiger partial charge in [0.15, 0.2) is 26.9 Å². The zero-order valence-electron chi connectivity index (χ0n) is 15.7. The monoisotopic (exact) mass is 489 g/mol. The van der Waals surface area contributed by atoms with Crippen LogP contribution in [0, 0.1) is 0 Å². The number of aromatic nitrogens is 1. The second-order valence-electron chi connectivity index (χ2n) is 5.44. The van der Waals surface area contributed by atoms with Crippen LogP contribution in [0.3, 0.4) is 0 Å². The number of ketones is 1. The number of thiazole rings is 1. The summed E-state index contributed by atoms with van der Waals surface area (Å²) < 4.78 is 33.3. The molecule has 1 aromatic heterocycles. The molecule has 13 nitrogen and oxygen atoms in total. The Hall–Kier alpha value is -1.62. The fourth-order valence-electron chi connectivity index (χ4n) is 2.35. The summed E-state index contributed by atoms with van der Waals surface area (Å²) in [5.41, 5.74) is -0.465. The predicted octanol–water partition coefficient (Wildman–Crippen LogP) is -4.58. The topological polar surface area (TPSA) is 187 Å². The number of carbonyl (C=O) groups is 4. The van der Waals surface area contributed by atoms with Gasteiger partial charge in [-0.15, -0.1) is 22.9 Å². The molecule has 0 bridgehead atoms. The maximum Gasteiger partial charge on any atom is 1.00 e. The Kier molecular flexibility index (Phi) is 9.34. The van der Waals surface area contributed by atoms with Crippen LogP contribution in [0.4, 0.5) is 5.13 Å². The third-order valence-corrected chi connectivity index (χ3v) is 5.40. The Morgan fingerprint density at radius 2 is 2.07 bits per heavy atom. The molecule has 1 aromatic rings. The molecule has 1 fully saturated rings. The number of hydrogen-bond acceptors (Lipinski definition) is 11. The zero-order chi connectivity index (χ0) is 21.9. The summed E-state index contributed by atoms with van der Waals surface area (Å²) in [7, 11) is -4.09. The third kappa shape index (κ3) is 5.75. The van der Waals surface area contributed by atoms with E-state index in [-0.39, 0.29) is 50.6 Å². The quantitative estimate of drug-likeness (QED) is 0.0904. The summed E-state index contributed by atoms with van der Waals surface area (Å²) in [4.78, 5) is 56.0. The Labute approximate surface area is 201 Å². The Morgan fingerprint density at radius 1 is 1.43 bits per heavy atom. The van der Waals surface area contributed by atoms with Gasteiger partial charge in [-0.05, 0) is 6.92 Å². The SMILES string of the molecule is CON=C(C(=O)N[C@@H]1C(=O)N(S(=O)(=O)[O-])[C@@H]1C(C)=O)c1csc(NC(=O)CCl)n1.[Na+]. The molecular weight excluding hydrogens is 477 g/mol. The first-order valence-corrected chi connectivity index (χ1v) is 10.3. The predicted molar refractivity (Wildman–Crippen MR) is 98.0 cm³/mol. The van der Waals surface area contributed by atoms with Crippen molar-refractivity contribution >= 4 is 67.6 Å². The number of halogens is 1. The fourth-order valence-corrected chi connectivity index (χ4v) is 4.01. The van der Waals surface area contributed by atoms with Gasteiger partial charge in [0, 0.05) is 5.38 Å². The van der Waals surface area contributed by atoms with Crippen molar-refractivity contribution in [2.45, 2.75) is 19.0 Å². The van der Waals surface area contributed by atoms with E-state index in [9.17, 15) is 32.1 Å². The van der Waals surface area contributed by atoms with Crippen molar-refractivity contribution in [3.05, 3.63) is 11.1 Å². The summed E-state index contributed by atoms with van der Waals surface area (Å²) in [5, 5.41) is 9.45. The molecule has 30 heavy (non-hydrogen) atoms. The maximum atomic E-state index is 12.5. The van der Waals surface area contributed by atoms with Crippen LogP contribution in [0.25, 0.3) is 0 Å². The van der Waals surface area contributed by atoms with E-state index in [0.717, 1.165) is 25.4 Å². The number of anilines is 1. The molecule has 2 heterocycles. The largest absolute Gasteiger partial charge is 1.00 e. The van der Waals surface area contributed by atoms with E-state index in [1.807, 2.05) is 0 Å². The minimum atomic E-state index is -5.23. The third-order valence-electron chi connectivity index (χ3n) is 3.51. The maximum absolute atomic E-state index is 12.5. The van der Waals surface area contributed by atoms with E-state index in [1.165, 1.54) is 5.38 Å². The van der Waals surface area contributed by atoms with Crippen molar-refractivity contribution in [2.24, 2.45) is 5.16 Å². The Morgan fingerprint density at radius 3 is 2.57 bits per heavy atom. The summed E-state index contributed by atoms with van der Waals surface area (Å²) in [6.45, 7) is 0.963. The van der Waals surface area contributed by atoms with E-state index in [4.69, 9.17) is 11.6 Å². The van der Waals surface area contributed by atoms with Crippen molar-refractivity contribution in [3.8, 4) is 0 Å². The molecule has 1 aliphatic heterocycles. The molecule has 17 heteroatoms. The molecule has 1 saturated heterocycles. The molecule has 0 aromatic carbocycles. The first kappa shape index (κ1) is 26.4. The van der Waals surface area contributed by atoms with E-state index in [1.54, 1.807) is 0 Å². The number of alkyl halides is 1. The molecule has 1 aliphatic rings. The van der Waals surface area contributed by atoms with Crippen LogP contribution in [0.15, 0.2) is 10.5 Å². The molecule has 0 radical (unpaired) electrons. The molecule has 158 valence electrons. The number of rotatable bonds is 8. The van der Waals surface area contributed by atoms with Crippen LogP contribution in [0.5, 0.6) is 0 Å². The number of hydrogen-bond donors (Lipinski definition) is 2. The van der Waals surface area contributed by atoms with E-state index < -0.39 is 51.6 Å².